The fourth-order valence-corrected chi connectivity index (χ4v) is 3.53. The summed E-state index contributed by atoms with van der Waals surface area (Å²) in [6.45, 7) is 5.63. The molecule has 3 heterocycles. The summed E-state index contributed by atoms with van der Waals surface area (Å²) in [6, 6.07) is 0.415. The molecule has 1 atom stereocenters. The quantitative estimate of drug-likeness (QED) is 0.914. The molecule has 0 bridgehead atoms. The van der Waals surface area contributed by atoms with Crippen LogP contribution in [0, 0.1) is 0 Å². The van der Waals surface area contributed by atoms with Crippen LogP contribution in [0.4, 0.5) is 0 Å². The zero-order valence-corrected chi connectivity index (χ0v) is 12.8. The molecule has 2 saturated heterocycles. The Morgan fingerprint density at radius 2 is 2.10 bits per heavy atom. The Morgan fingerprint density at radius 3 is 2.76 bits per heavy atom. The topological polar surface area (TPSA) is 65.1 Å². The van der Waals surface area contributed by atoms with Crippen molar-refractivity contribution in [1.82, 2.24) is 25.0 Å². The largest absolute Gasteiger partial charge is 0.339 e. The average Bonchev–Trinajstić information content (AvgIpc) is 3.02. The van der Waals surface area contributed by atoms with Crippen molar-refractivity contribution in [2.75, 3.05) is 26.2 Å². The van der Waals surface area contributed by atoms with Crippen LogP contribution in [-0.2, 0) is 4.79 Å². The molecule has 0 aromatic carbocycles. The average molecular weight is 291 g/mol. The van der Waals surface area contributed by atoms with Crippen LogP contribution in [-0.4, -0.2) is 63.1 Å². The first-order valence-corrected chi connectivity index (χ1v) is 8.11. The SMILES string of the molecule is CC1CCCCN1C(=O)CN1CCC(c2ncn[nH]2)CC1. The van der Waals surface area contributed by atoms with Gasteiger partial charge in [-0.3, -0.25) is 14.8 Å². The third-order valence-electron chi connectivity index (χ3n) is 4.89. The summed E-state index contributed by atoms with van der Waals surface area (Å²) in [5.74, 6) is 1.76. The molecule has 0 spiro atoms. The number of carbonyl (C=O) groups is 1. The lowest BCUT2D eigenvalue weighted by molar-refractivity contribution is -0.135. The van der Waals surface area contributed by atoms with Gasteiger partial charge in [0.05, 0.1) is 6.54 Å². The Morgan fingerprint density at radius 1 is 1.29 bits per heavy atom. The van der Waals surface area contributed by atoms with Gasteiger partial charge in [0.2, 0.25) is 5.91 Å². The van der Waals surface area contributed by atoms with E-state index in [-0.39, 0.29) is 0 Å². The molecule has 3 rings (SSSR count). The maximum atomic E-state index is 12.4. The molecule has 0 radical (unpaired) electrons. The van der Waals surface area contributed by atoms with Gasteiger partial charge in [0, 0.05) is 18.5 Å². The highest BCUT2D eigenvalue weighted by Gasteiger charge is 2.27. The molecule has 0 saturated carbocycles. The van der Waals surface area contributed by atoms with E-state index in [0.717, 1.165) is 51.1 Å². The van der Waals surface area contributed by atoms with Crippen LogP contribution in [0.1, 0.15) is 50.8 Å². The lowest BCUT2D eigenvalue weighted by Gasteiger charge is -2.36. The molecule has 1 aromatic heterocycles. The number of likely N-dealkylation sites (tertiary alicyclic amines) is 2. The van der Waals surface area contributed by atoms with Crippen LogP contribution in [0.3, 0.4) is 0 Å². The number of piperidine rings is 2. The van der Waals surface area contributed by atoms with Crippen molar-refractivity contribution >= 4 is 5.91 Å². The molecule has 6 nitrogen and oxygen atoms in total. The number of aromatic nitrogens is 3. The second kappa shape index (κ2) is 6.56. The normalized spacial score (nSPS) is 25.2. The first kappa shape index (κ1) is 14.5. The van der Waals surface area contributed by atoms with Crippen LogP contribution in [0.15, 0.2) is 6.33 Å². The summed E-state index contributed by atoms with van der Waals surface area (Å²) in [5.41, 5.74) is 0. The second-order valence-electron chi connectivity index (χ2n) is 6.35. The third-order valence-corrected chi connectivity index (χ3v) is 4.89. The van der Waals surface area contributed by atoms with Gasteiger partial charge in [0.25, 0.3) is 0 Å². The lowest BCUT2D eigenvalue weighted by Crippen LogP contribution is -2.48. The number of carbonyl (C=O) groups excluding carboxylic acids is 1. The smallest absolute Gasteiger partial charge is 0.236 e. The summed E-state index contributed by atoms with van der Waals surface area (Å²) in [7, 11) is 0. The van der Waals surface area contributed by atoms with E-state index in [2.05, 4.69) is 31.9 Å². The second-order valence-corrected chi connectivity index (χ2v) is 6.35. The Balaban J connectivity index is 1.47. The minimum absolute atomic E-state index is 0.306. The predicted molar refractivity (Wildman–Crippen MR) is 79.8 cm³/mol. The van der Waals surface area contributed by atoms with Crippen LogP contribution >= 0.6 is 0 Å². The summed E-state index contributed by atoms with van der Waals surface area (Å²) < 4.78 is 0. The summed E-state index contributed by atoms with van der Waals surface area (Å²) in [4.78, 5) is 21.1. The van der Waals surface area contributed by atoms with Crippen molar-refractivity contribution in [2.45, 2.75) is 51.0 Å². The van der Waals surface area contributed by atoms with E-state index >= 15 is 0 Å². The molecule has 1 amide bonds. The van der Waals surface area contributed by atoms with Crippen molar-refractivity contribution in [2.24, 2.45) is 0 Å². The summed E-state index contributed by atoms with van der Waals surface area (Å²) >= 11 is 0. The molecular formula is C15H25N5O. The number of nitrogens with zero attached hydrogens (tertiary/aromatic N) is 4. The van der Waals surface area contributed by atoms with Crippen LogP contribution in [0.5, 0.6) is 0 Å². The van der Waals surface area contributed by atoms with E-state index < -0.39 is 0 Å². The highest BCUT2D eigenvalue weighted by atomic mass is 16.2. The Kier molecular flexibility index (Phi) is 4.53. The standard InChI is InChI=1S/C15H25N5O/c1-12-4-2-3-7-20(12)14(21)10-19-8-5-13(6-9-19)15-16-11-17-18-15/h11-13H,2-10H2,1H3,(H,16,17,18). The van der Waals surface area contributed by atoms with Gasteiger partial charge in [-0.05, 0) is 52.1 Å². The Labute approximate surface area is 125 Å². The molecule has 2 fully saturated rings. The number of hydrogen-bond donors (Lipinski definition) is 1. The molecule has 116 valence electrons. The van der Waals surface area contributed by atoms with Crippen molar-refractivity contribution < 1.29 is 4.79 Å². The Hall–Kier alpha value is -1.43. The van der Waals surface area contributed by atoms with Gasteiger partial charge in [-0.25, -0.2) is 4.98 Å². The first-order valence-electron chi connectivity index (χ1n) is 8.11. The third kappa shape index (κ3) is 3.43. The fourth-order valence-electron chi connectivity index (χ4n) is 3.53. The highest BCUT2D eigenvalue weighted by Crippen LogP contribution is 2.25. The number of hydrogen-bond acceptors (Lipinski definition) is 4. The van der Waals surface area contributed by atoms with Crippen LogP contribution < -0.4 is 0 Å². The lowest BCUT2D eigenvalue weighted by atomic mass is 9.96. The van der Waals surface area contributed by atoms with Crippen molar-refractivity contribution in [3.8, 4) is 0 Å². The van der Waals surface area contributed by atoms with Gasteiger partial charge in [0.1, 0.15) is 12.2 Å². The van der Waals surface area contributed by atoms with Crippen molar-refractivity contribution in [1.29, 1.82) is 0 Å². The number of rotatable bonds is 3. The van der Waals surface area contributed by atoms with Gasteiger partial charge >= 0.3 is 0 Å². The van der Waals surface area contributed by atoms with Crippen molar-refractivity contribution in [3.63, 3.8) is 0 Å². The van der Waals surface area contributed by atoms with Gasteiger partial charge in [0.15, 0.2) is 0 Å². The number of nitrogens with one attached hydrogen (secondary N) is 1. The molecule has 1 unspecified atom stereocenters. The maximum Gasteiger partial charge on any atom is 0.236 e. The zero-order chi connectivity index (χ0) is 14.7. The molecule has 1 aromatic rings. The van der Waals surface area contributed by atoms with E-state index in [0.29, 0.717) is 24.4 Å². The summed E-state index contributed by atoms with van der Waals surface area (Å²) in [6.07, 6.45) is 7.25. The molecule has 0 aliphatic carbocycles. The number of H-pyrrole nitrogens is 1. The van der Waals surface area contributed by atoms with E-state index in [1.807, 2.05) is 0 Å². The highest BCUT2D eigenvalue weighted by molar-refractivity contribution is 5.78. The molecular weight excluding hydrogens is 266 g/mol. The van der Waals surface area contributed by atoms with Crippen LogP contribution in [0.25, 0.3) is 0 Å². The Bertz CT molecular complexity index is 453. The van der Waals surface area contributed by atoms with Gasteiger partial charge in [-0.15, -0.1) is 0 Å². The van der Waals surface area contributed by atoms with Gasteiger partial charge in [-0.1, -0.05) is 0 Å². The maximum absolute atomic E-state index is 12.4. The van der Waals surface area contributed by atoms with E-state index in [9.17, 15) is 4.79 Å². The van der Waals surface area contributed by atoms with Gasteiger partial charge in [-0.2, -0.15) is 5.10 Å². The molecule has 2 aliphatic heterocycles. The van der Waals surface area contributed by atoms with Crippen LogP contribution in [0.2, 0.25) is 0 Å². The minimum atomic E-state index is 0.306. The van der Waals surface area contributed by atoms with Crippen molar-refractivity contribution in [3.05, 3.63) is 12.2 Å². The fraction of sp³-hybridized carbons (Fsp3) is 0.800. The van der Waals surface area contributed by atoms with E-state index in [1.165, 1.54) is 6.42 Å². The monoisotopic (exact) mass is 291 g/mol. The number of aromatic amines is 1. The zero-order valence-electron chi connectivity index (χ0n) is 12.8. The first-order chi connectivity index (χ1) is 10.2. The van der Waals surface area contributed by atoms with E-state index in [1.54, 1.807) is 6.33 Å². The predicted octanol–water partition coefficient (Wildman–Crippen LogP) is 1.39. The molecule has 21 heavy (non-hydrogen) atoms. The number of amides is 1. The molecule has 6 heteroatoms. The van der Waals surface area contributed by atoms with Gasteiger partial charge < -0.3 is 4.90 Å². The molecule has 1 N–H and O–H groups in total. The minimum Gasteiger partial charge on any atom is -0.339 e. The molecule has 2 aliphatic rings. The summed E-state index contributed by atoms with van der Waals surface area (Å²) in [5, 5.41) is 6.89. The van der Waals surface area contributed by atoms with E-state index in [4.69, 9.17) is 0 Å².